The Balaban J connectivity index is 2.38. The monoisotopic (exact) mass is 456 g/mol. The third kappa shape index (κ3) is 6.50. The molecule has 0 amide bonds. The first-order chi connectivity index (χ1) is 15.0. The summed E-state index contributed by atoms with van der Waals surface area (Å²) in [6.45, 7) is 0. The molecule has 170 valence electrons. The molecule has 0 aromatic heterocycles. The molecule has 0 N–H and O–H groups in total. The van der Waals surface area contributed by atoms with Gasteiger partial charge in [-0.05, 0) is 34.9 Å². The van der Waals surface area contributed by atoms with Crippen molar-refractivity contribution in [3.05, 3.63) is 88.7 Å². The molecule has 0 aliphatic carbocycles. The summed E-state index contributed by atoms with van der Waals surface area (Å²) in [5.74, 6) is -0.646. The Hall–Kier alpha value is -3.49. The molecule has 0 unspecified atom stereocenters. The van der Waals surface area contributed by atoms with E-state index in [-0.39, 0.29) is 17.2 Å². The number of esters is 1. The van der Waals surface area contributed by atoms with E-state index >= 15 is 0 Å². The second-order valence-electron chi connectivity index (χ2n) is 6.40. The van der Waals surface area contributed by atoms with Crippen LogP contribution in [-0.4, -0.2) is 20.2 Å². The lowest BCUT2D eigenvalue weighted by molar-refractivity contribution is -0.143. The molecule has 2 aromatic rings. The van der Waals surface area contributed by atoms with E-state index in [4.69, 9.17) is 9.47 Å². The zero-order valence-corrected chi connectivity index (χ0v) is 16.9. The summed E-state index contributed by atoms with van der Waals surface area (Å²) in [6, 6.07) is 7.99. The van der Waals surface area contributed by atoms with Gasteiger partial charge >= 0.3 is 18.3 Å². The van der Waals surface area contributed by atoms with Crippen molar-refractivity contribution in [2.75, 3.05) is 14.2 Å². The van der Waals surface area contributed by atoms with Gasteiger partial charge in [-0.2, -0.15) is 26.3 Å². The molecule has 0 fully saturated rings. The minimum atomic E-state index is -4.92. The van der Waals surface area contributed by atoms with Gasteiger partial charge in [0.05, 0.1) is 31.6 Å². The highest BCUT2D eigenvalue weighted by atomic mass is 19.4. The number of hydrogen-bond acceptors (Lipinski definition) is 3. The maximum atomic E-state index is 13.0. The SMILES string of the molecule is CO/C=C(\C(=O)OC)c1ccccc1C=CC=Cc1cc(C(F)(F)F)cc(C(F)(F)F)c1. The molecule has 0 heterocycles. The lowest BCUT2D eigenvalue weighted by Crippen LogP contribution is -2.11. The van der Waals surface area contributed by atoms with Crippen LogP contribution in [0.3, 0.4) is 0 Å². The van der Waals surface area contributed by atoms with Crippen LogP contribution >= 0.6 is 0 Å². The first-order valence-corrected chi connectivity index (χ1v) is 9.02. The summed E-state index contributed by atoms with van der Waals surface area (Å²) in [7, 11) is 2.56. The second-order valence-corrected chi connectivity index (χ2v) is 6.40. The van der Waals surface area contributed by atoms with E-state index in [0.717, 1.165) is 6.08 Å². The lowest BCUT2D eigenvalue weighted by Gasteiger charge is -2.12. The normalized spacial score (nSPS) is 13.1. The molecular formula is C23H18F6O3. The van der Waals surface area contributed by atoms with Gasteiger partial charge in [-0.25, -0.2) is 4.79 Å². The van der Waals surface area contributed by atoms with Crippen molar-refractivity contribution in [2.45, 2.75) is 12.4 Å². The molecule has 0 spiro atoms. The Morgan fingerprint density at radius 1 is 0.844 bits per heavy atom. The zero-order chi connectivity index (χ0) is 23.9. The number of carbonyl (C=O) groups is 1. The van der Waals surface area contributed by atoms with Gasteiger partial charge in [0.1, 0.15) is 5.57 Å². The number of allylic oxidation sites excluding steroid dienone is 2. The van der Waals surface area contributed by atoms with Gasteiger partial charge in [-0.3, -0.25) is 0 Å². The Labute approximate surface area is 180 Å². The van der Waals surface area contributed by atoms with Gasteiger partial charge in [-0.1, -0.05) is 48.6 Å². The number of methoxy groups -OCH3 is 2. The fourth-order valence-corrected chi connectivity index (χ4v) is 2.74. The van der Waals surface area contributed by atoms with Crippen LogP contribution in [0.1, 0.15) is 27.8 Å². The molecule has 2 aromatic carbocycles. The molecule has 9 heteroatoms. The van der Waals surface area contributed by atoms with Crippen molar-refractivity contribution in [3.63, 3.8) is 0 Å². The smallest absolute Gasteiger partial charge is 0.416 e. The third-order valence-corrected chi connectivity index (χ3v) is 4.18. The maximum Gasteiger partial charge on any atom is 0.416 e. The van der Waals surface area contributed by atoms with E-state index in [1.54, 1.807) is 24.3 Å². The van der Waals surface area contributed by atoms with E-state index in [1.807, 2.05) is 0 Å². The quantitative estimate of drug-likeness (QED) is 0.161. The average molecular weight is 456 g/mol. The summed E-state index contributed by atoms with van der Waals surface area (Å²) < 4.78 is 87.4. The van der Waals surface area contributed by atoms with Gasteiger partial charge < -0.3 is 9.47 Å². The number of rotatable bonds is 6. The minimum absolute atomic E-state index is 0.0693. The van der Waals surface area contributed by atoms with E-state index in [1.165, 1.54) is 38.7 Å². The predicted octanol–water partition coefficient (Wildman–Crippen LogP) is 6.61. The van der Waals surface area contributed by atoms with E-state index < -0.39 is 29.4 Å². The van der Waals surface area contributed by atoms with Crippen molar-refractivity contribution in [1.82, 2.24) is 0 Å². The highest BCUT2D eigenvalue weighted by molar-refractivity contribution is 6.17. The first kappa shape index (κ1) is 24.8. The Kier molecular flexibility index (Phi) is 7.91. The molecule has 0 aliphatic heterocycles. The van der Waals surface area contributed by atoms with Crippen LogP contribution in [0.4, 0.5) is 26.3 Å². The Morgan fingerprint density at radius 2 is 1.41 bits per heavy atom. The summed E-state index contributed by atoms with van der Waals surface area (Å²) in [5.41, 5.74) is -1.91. The van der Waals surface area contributed by atoms with Crippen LogP contribution in [0.5, 0.6) is 0 Å². The topological polar surface area (TPSA) is 35.5 Å². The van der Waals surface area contributed by atoms with Crippen molar-refractivity contribution in [3.8, 4) is 0 Å². The minimum Gasteiger partial charge on any atom is -0.503 e. The number of carbonyl (C=O) groups excluding carboxylic acids is 1. The second kappa shape index (κ2) is 10.2. The molecule has 2 rings (SSSR count). The average Bonchev–Trinajstić information content (AvgIpc) is 2.73. The molecule has 0 aliphatic rings. The van der Waals surface area contributed by atoms with E-state index in [9.17, 15) is 31.1 Å². The van der Waals surface area contributed by atoms with Gasteiger partial charge in [0.2, 0.25) is 0 Å². The van der Waals surface area contributed by atoms with Crippen molar-refractivity contribution in [2.24, 2.45) is 0 Å². The number of ether oxygens (including phenoxy) is 2. The molecule has 0 saturated carbocycles. The van der Waals surface area contributed by atoms with Crippen LogP contribution in [0.25, 0.3) is 17.7 Å². The van der Waals surface area contributed by atoms with Crippen LogP contribution in [0, 0.1) is 0 Å². The zero-order valence-electron chi connectivity index (χ0n) is 16.9. The molecular weight excluding hydrogens is 438 g/mol. The third-order valence-electron chi connectivity index (χ3n) is 4.18. The van der Waals surface area contributed by atoms with Gasteiger partial charge in [0.15, 0.2) is 0 Å². The van der Waals surface area contributed by atoms with E-state index in [2.05, 4.69) is 0 Å². The van der Waals surface area contributed by atoms with Crippen LogP contribution in [0.15, 0.2) is 60.9 Å². The molecule has 32 heavy (non-hydrogen) atoms. The van der Waals surface area contributed by atoms with Crippen LogP contribution < -0.4 is 0 Å². The standard InChI is InChI=1S/C23H18F6O3/c1-31-14-20(21(30)32-2)19-10-6-5-9-16(19)8-4-3-7-15-11-17(22(24,25)26)13-18(12-15)23(27,28)29/h3-14H,1-2H3/b7-3?,8-4?,20-14-. The molecule has 0 bridgehead atoms. The number of hydrogen-bond donors (Lipinski definition) is 0. The molecule has 0 saturated heterocycles. The maximum absolute atomic E-state index is 13.0. The van der Waals surface area contributed by atoms with Crippen molar-refractivity contribution in [1.29, 1.82) is 0 Å². The van der Waals surface area contributed by atoms with Crippen LogP contribution in [-0.2, 0) is 26.6 Å². The number of benzene rings is 2. The van der Waals surface area contributed by atoms with E-state index in [0.29, 0.717) is 23.3 Å². The summed E-state index contributed by atoms with van der Waals surface area (Å²) in [4.78, 5) is 12.0. The summed E-state index contributed by atoms with van der Waals surface area (Å²) in [5, 5.41) is 0. The molecule has 0 radical (unpaired) electrons. The van der Waals surface area contributed by atoms with Crippen LogP contribution in [0.2, 0.25) is 0 Å². The van der Waals surface area contributed by atoms with Gasteiger partial charge in [0.25, 0.3) is 0 Å². The molecule has 3 nitrogen and oxygen atoms in total. The number of alkyl halides is 6. The summed E-state index contributed by atoms with van der Waals surface area (Å²) >= 11 is 0. The fourth-order valence-electron chi connectivity index (χ4n) is 2.74. The van der Waals surface area contributed by atoms with Crippen molar-refractivity contribution >= 4 is 23.7 Å². The fraction of sp³-hybridized carbons (Fsp3) is 0.174. The predicted molar refractivity (Wildman–Crippen MR) is 108 cm³/mol. The first-order valence-electron chi connectivity index (χ1n) is 9.02. The highest BCUT2D eigenvalue weighted by Gasteiger charge is 2.36. The summed E-state index contributed by atoms with van der Waals surface area (Å²) in [6.07, 6.45) is -3.26. The van der Waals surface area contributed by atoms with Gasteiger partial charge in [-0.15, -0.1) is 0 Å². The largest absolute Gasteiger partial charge is 0.503 e. The highest BCUT2D eigenvalue weighted by Crippen LogP contribution is 2.36. The van der Waals surface area contributed by atoms with Crippen molar-refractivity contribution < 1.29 is 40.6 Å². The Bertz CT molecular complexity index is 1010. The lowest BCUT2D eigenvalue weighted by atomic mass is 10.00. The molecule has 0 atom stereocenters. The van der Waals surface area contributed by atoms with Gasteiger partial charge in [0, 0.05) is 0 Å². The number of halogens is 6. The Morgan fingerprint density at radius 3 is 1.94 bits per heavy atom.